The summed E-state index contributed by atoms with van der Waals surface area (Å²) in [5, 5.41) is 2.79. The van der Waals surface area contributed by atoms with Crippen molar-refractivity contribution in [3.05, 3.63) is 64.1 Å². The summed E-state index contributed by atoms with van der Waals surface area (Å²) in [6, 6.07) is 12.3. The van der Waals surface area contributed by atoms with E-state index >= 15 is 0 Å². The van der Waals surface area contributed by atoms with E-state index in [0.717, 1.165) is 12.0 Å². The van der Waals surface area contributed by atoms with Crippen LogP contribution in [0.15, 0.2) is 46.9 Å². The molecular weight excluding hydrogens is 300 g/mol. The average molecular weight is 312 g/mol. The molecule has 0 unspecified atom stereocenters. The van der Waals surface area contributed by atoms with Gasteiger partial charge in [-0.1, -0.05) is 46.3 Å². The summed E-state index contributed by atoms with van der Waals surface area (Å²) in [4.78, 5) is 0. The first-order chi connectivity index (χ1) is 8.66. The Kier molecular flexibility index (Phi) is 4.31. The number of benzene rings is 2. The molecule has 0 aromatic heterocycles. The standard InChI is InChI=1S/C14H12BrF2N/c15-11-8-12(16)14(13(17)9-11)18-7-6-10-4-2-1-3-5-10/h1-5,8-9,18H,6-7H2. The van der Waals surface area contributed by atoms with Gasteiger partial charge >= 0.3 is 0 Å². The van der Waals surface area contributed by atoms with Gasteiger partial charge in [-0.3, -0.25) is 0 Å². The predicted molar refractivity (Wildman–Crippen MR) is 72.7 cm³/mol. The quantitative estimate of drug-likeness (QED) is 0.883. The number of anilines is 1. The van der Waals surface area contributed by atoms with Crippen molar-refractivity contribution >= 4 is 21.6 Å². The summed E-state index contributed by atoms with van der Waals surface area (Å²) in [5.74, 6) is -1.18. The Morgan fingerprint density at radius 2 is 1.61 bits per heavy atom. The van der Waals surface area contributed by atoms with Crippen LogP contribution in [0.1, 0.15) is 5.56 Å². The lowest BCUT2D eigenvalue weighted by Gasteiger charge is -2.09. The highest BCUT2D eigenvalue weighted by atomic mass is 79.9. The maximum absolute atomic E-state index is 13.5. The minimum absolute atomic E-state index is 0.0749. The van der Waals surface area contributed by atoms with Crippen molar-refractivity contribution in [3.8, 4) is 0 Å². The van der Waals surface area contributed by atoms with Crippen LogP contribution in [-0.2, 0) is 6.42 Å². The lowest BCUT2D eigenvalue weighted by atomic mass is 10.1. The lowest BCUT2D eigenvalue weighted by molar-refractivity contribution is 0.586. The van der Waals surface area contributed by atoms with Crippen LogP contribution in [0.25, 0.3) is 0 Å². The van der Waals surface area contributed by atoms with Crippen LogP contribution in [-0.4, -0.2) is 6.54 Å². The second-order valence-electron chi connectivity index (χ2n) is 3.91. The highest BCUT2D eigenvalue weighted by Gasteiger charge is 2.09. The molecule has 0 heterocycles. The van der Waals surface area contributed by atoms with Crippen LogP contribution in [0.3, 0.4) is 0 Å². The van der Waals surface area contributed by atoms with Crippen LogP contribution in [0, 0.1) is 11.6 Å². The van der Waals surface area contributed by atoms with Gasteiger partial charge in [0.1, 0.15) is 17.3 Å². The van der Waals surface area contributed by atoms with Gasteiger partial charge in [0.05, 0.1) is 0 Å². The molecule has 1 N–H and O–H groups in total. The highest BCUT2D eigenvalue weighted by Crippen LogP contribution is 2.23. The van der Waals surface area contributed by atoms with Crippen molar-refractivity contribution in [3.63, 3.8) is 0 Å². The molecule has 0 bridgehead atoms. The molecule has 0 aliphatic heterocycles. The van der Waals surface area contributed by atoms with Crippen molar-refractivity contribution in [1.82, 2.24) is 0 Å². The Morgan fingerprint density at radius 3 is 2.22 bits per heavy atom. The largest absolute Gasteiger partial charge is 0.380 e. The van der Waals surface area contributed by atoms with E-state index in [9.17, 15) is 8.78 Å². The first kappa shape index (κ1) is 13.0. The zero-order chi connectivity index (χ0) is 13.0. The third-order valence-corrected chi connectivity index (χ3v) is 3.02. The number of rotatable bonds is 4. The first-order valence-corrected chi connectivity index (χ1v) is 6.38. The van der Waals surface area contributed by atoms with Crippen LogP contribution < -0.4 is 5.32 Å². The second-order valence-corrected chi connectivity index (χ2v) is 4.82. The molecule has 0 spiro atoms. The fourth-order valence-electron chi connectivity index (χ4n) is 1.69. The number of nitrogens with one attached hydrogen (secondary N) is 1. The normalized spacial score (nSPS) is 10.4. The summed E-state index contributed by atoms with van der Waals surface area (Å²) < 4.78 is 27.4. The maximum Gasteiger partial charge on any atom is 0.150 e. The van der Waals surface area contributed by atoms with Crippen molar-refractivity contribution in [2.45, 2.75) is 6.42 Å². The summed E-state index contributed by atoms with van der Waals surface area (Å²) in [6.45, 7) is 0.486. The maximum atomic E-state index is 13.5. The fourth-order valence-corrected chi connectivity index (χ4v) is 2.09. The summed E-state index contributed by atoms with van der Waals surface area (Å²) in [7, 11) is 0. The molecule has 2 aromatic carbocycles. The summed E-state index contributed by atoms with van der Waals surface area (Å²) >= 11 is 3.04. The minimum atomic E-state index is -0.588. The molecule has 2 rings (SSSR count). The van der Waals surface area contributed by atoms with Gasteiger partial charge in [0.15, 0.2) is 0 Å². The van der Waals surface area contributed by atoms with Crippen LogP contribution in [0.4, 0.5) is 14.5 Å². The third kappa shape index (κ3) is 3.29. The van der Waals surface area contributed by atoms with E-state index in [1.54, 1.807) is 0 Å². The Bertz CT molecular complexity index is 506. The molecule has 0 radical (unpaired) electrons. The van der Waals surface area contributed by atoms with Crippen molar-refractivity contribution in [2.24, 2.45) is 0 Å². The third-order valence-electron chi connectivity index (χ3n) is 2.57. The molecule has 0 aliphatic carbocycles. The Hall–Kier alpha value is -1.42. The fraction of sp³-hybridized carbons (Fsp3) is 0.143. The molecular formula is C14H12BrF2N. The zero-order valence-electron chi connectivity index (χ0n) is 9.59. The SMILES string of the molecule is Fc1cc(Br)cc(F)c1NCCc1ccccc1. The first-order valence-electron chi connectivity index (χ1n) is 5.59. The molecule has 0 fully saturated rings. The van der Waals surface area contributed by atoms with E-state index in [0.29, 0.717) is 11.0 Å². The number of hydrogen-bond acceptors (Lipinski definition) is 1. The molecule has 1 nitrogen and oxygen atoms in total. The zero-order valence-corrected chi connectivity index (χ0v) is 11.2. The van der Waals surface area contributed by atoms with E-state index in [-0.39, 0.29) is 5.69 Å². The van der Waals surface area contributed by atoms with Crippen LogP contribution in [0.2, 0.25) is 0 Å². The van der Waals surface area contributed by atoms with Gasteiger partial charge in [-0.05, 0) is 24.1 Å². The van der Waals surface area contributed by atoms with Crippen molar-refractivity contribution in [1.29, 1.82) is 0 Å². The van der Waals surface area contributed by atoms with Gasteiger partial charge in [-0.2, -0.15) is 0 Å². The molecule has 0 saturated heterocycles. The Labute approximate surface area is 113 Å². The van der Waals surface area contributed by atoms with Crippen molar-refractivity contribution < 1.29 is 8.78 Å². The monoisotopic (exact) mass is 311 g/mol. The van der Waals surface area contributed by atoms with Gasteiger partial charge in [0.25, 0.3) is 0 Å². The van der Waals surface area contributed by atoms with E-state index in [1.165, 1.54) is 12.1 Å². The minimum Gasteiger partial charge on any atom is -0.380 e. The highest BCUT2D eigenvalue weighted by molar-refractivity contribution is 9.10. The van der Waals surface area contributed by atoms with Gasteiger partial charge in [0.2, 0.25) is 0 Å². The summed E-state index contributed by atoms with van der Waals surface area (Å²) in [5.41, 5.74) is 1.05. The lowest BCUT2D eigenvalue weighted by Crippen LogP contribution is -2.08. The second kappa shape index (κ2) is 5.96. The summed E-state index contributed by atoms with van der Waals surface area (Å²) in [6.07, 6.45) is 0.718. The molecule has 2 aromatic rings. The molecule has 18 heavy (non-hydrogen) atoms. The van der Waals surface area contributed by atoms with E-state index in [4.69, 9.17) is 0 Å². The molecule has 94 valence electrons. The van der Waals surface area contributed by atoms with Crippen LogP contribution in [0.5, 0.6) is 0 Å². The smallest absolute Gasteiger partial charge is 0.150 e. The van der Waals surface area contributed by atoms with E-state index in [2.05, 4.69) is 21.2 Å². The molecule has 0 atom stereocenters. The topological polar surface area (TPSA) is 12.0 Å². The Balaban J connectivity index is 1.99. The molecule has 0 aliphatic rings. The number of hydrogen-bond donors (Lipinski definition) is 1. The van der Waals surface area contributed by atoms with Gasteiger partial charge < -0.3 is 5.32 Å². The van der Waals surface area contributed by atoms with E-state index < -0.39 is 11.6 Å². The molecule has 0 amide bonds. The van der Waals surface area contributed by atoms with Gasteiger partial charge in [-0.25, -0.2) is 8.78 Å². The number of halogens is 3. The Morgan fingerprint density at radius 1 is 1.00 bits per heavy atom. The van der Waals surface area contributed by atoms with E-state index in [1.807, 2.05) is 30.3 Å². The van der Waals surface area contributed by atoms with Crippen molar-refractivity contribution in [2.75, 3.05) is 11.9 Å². The van der Waals surface area contributed by atoms with Gasteiger partial charge in [-0.15, -0.1) is 0 Å². The van der Waals surface area contributed by atoms with Gasteiger partial charge in [0, 0.05) is 11.0 Å². The van der Waals surface area contributed by atoms with Crippen LogP contribution >= 0.6 is 15.9 Å². The molecule has 0 saturated carbocycles. The average Bonchev–Trinajstić information content (AvgIpc) is 2.34. The molecule has 4 heteroatoms. The predicted octanol–water partition coefficient (Wildman–Crippen LogP) is 4.38.